The molecule has 0 amide bonds. The van der Waals surface area contributed by atoms with Gasteiger partial charge in [-0.3, -0.25) is 0 Å². The first-order chi connectivity index (χ1) is 12.2. The van der Waals surface area contributed by atoms with Gasteiger partial charge in [-0.15, -0.1) is 0 Å². The van der Waals surface area contributed by atoms with Gasteiger partial charge in [0.05, 0.1) is 26.4 Å². The van der Waals surface area contributed by atoms with Gasteiger partial charge in [0.2, 0.25) is 0 Å². The lowest BCUT2D eigenvalue weighted by molar-refractivity contribution is -0.219. The van der Waals surface area contributed by atoms with Crippen molar-refractivity contribution in [3.8, 4) is 11.5 Å². The van der Waals surface area contributed by atoms with Crippen LogP contribution in [0.4, 0.5) is 0 Å². The molecule has 0 bridgehead atoms. The Morgan fingerprint density at radius 2 is 1.20 bits per heavy atom. The first-order valence-corrected chi connectivity index (χ1v) is 8.86. The molecular weight excluding hydrogens is 316 g/mol. The Morgan fingerprint density at radius 3 is 1.64 bits per heavy atom. The second-order valence-corrected chi connectivity index (χ2v) is 6.68. The molecule has 132 valence electrons. The minimum Gasteiger partial charge on any atom is -0.496 e. The molecule has 2 aliphatic rings. The van der Waals surface area contributed by atoms with E-state index in [0.717, 1.165) is 48.3 Å². The van der Waals surface area contributed by atoms with Crippen LogP contribution in [-0.4, -0.2) is 20.0 Å². The van der Waals surface area contributed by atoms with Crippen molar-refractivity contribution in [2.24, 2.45) is 0 Å². The van der Waals surface area contributed by atoms with Crippen LogP contribution in [-0.2, 0) is 9.47 Å². The zero-order chi connectivity index (χ0) is 17.3. The average molecular weight is 340 g/mol. The first kappa shape index (κ1) is 16.4. The third-order valence-corrected chi connectivity index (χ3v) is 5.26. The first-order valence-electron chi connectivity index (χ1n) is 8.86. The molecule has 0 aliphatic carbocycles. The normalized spacial score (nSPS) is 24.6. The Hall–Kier alpha value is -2.04. The predicted molar refractivity (Wildman–Crippen MR) is 94.8 cm³/mol. The van der Waals surface area contributed by atoms with Gasteiger partial charge in [0.25, 0.3) is 0 Å². The van der Waals surface area contributed by atoms with E-state index in [1.54, 1.807) is 14.2 Å². The summed E-state index contributed by atoms with van der Waals surface area (Å²) in [4.78, 5) is 0. The van der Waals surface area contributed by atoms with Gasteiger partial charge in [0, 0.05) is 24.0 Å². The number of ether oxygens (including phenoxy) is 4. The molecule has 0 N–H and O–H groups in total. The van der Waals surface area contributed by atoms with E-state index >= 15 is 0 Å². The van der Waals surface area contributed by atoms with E-state index in [-0.39, 0.29) is 12.2 Å². The number of rotatable bonds is 4. The number of hydrogen-bond donors (Lipinski definition) is 0. The maximum Gasteiger partial charge on any atom is 0.170 e. The van der Waals surface area contributed by atoms with E-state index in [0.29, 0.717) is 0 Å². The Bertz CT molecular complexity index is 679. The fraction of sp³-hybridized carbons (Fsp3) is 0.429. The third-order valence-electron chi connectivity index (χ3n) is 5.26. The third kappa shape index (κ3) is 3.00. The summed E-state index contributed by atoms with van der Waals surface area (Å²) < 4.78 is 23.8. The summed E-state index contributed by atoms with van der Waals surface area (Å²) in [6.45, 7) is 0. The molecular formula is C21H24O4. The number of benzene rings is 2. The van der Waals surface area contributed by atoms with E-state index in [4.69, 9.17) is 18.9 Å². The molecule has 25 heavy (non-hydrogen) atoms. The van der Waals surface area contributed by atoms with E-state index in [2.05, 4.69) is 12.1 Å². The quantitative estimate of drug-likeness (QED) is 0.801. The Morgan fingerprint density at radius 1 is 0.760 bits per heavy atom. The molecule has 2 atom stereocenters. The SMILES string of the molecule is COc1ccccc1[C@@H]1CCC2(CC[C@@H](c3ccccc3OC)O2)O1. The fourth-order valence-electron chi connectivity index (χ4n) is 4.03. The summed E-state index contributed by atoms with van der Waals surface area (Å²) >= 11 is 0. The van der Waals surface area contributed by atoms with Gasteiger partial charge in [-0.05, 0) is 25.0 Å². The summed E-state index contributed by atoms with van der Waals surface area (Å²) in [5, 5.41) is 0. The zero-order valence-electron chi connectivity index (χ0n) is 14.7. The van der Waals surface area contributed by atoms with Crippen molar-refractivity contribution in [1.29, 1.82) is 0 Å². The maximum atomic E-state index is 6.42. The molecule has 2 aromatic carbocycles. The summed E-state index contributed by atoms with van der Waals surface area (Å²) in [7, 11) is 3.40. The summed E-state index contributed by atoms with van der Waals surface area (Å²) in [6.07, 6.45) is 3.74. The van der Waals surface area contributed by atoms with E-state index < -0.39 is 5.79 Å². The molecule has 0 saturated carbocycles. The molecule has 4 heteroatoms. The van der Waals surface area contributed by atoms with Crippen LogP contribution < -0.4 is 9.47 Å². The van der Waals surface area contributed by atoms with Crippen molar-refractivity contribution >= 4 is 0 Å². The van der Waals surface area contributed by atoms with E-state index in [1.807, 2.05) is 36.4 Å². The van der Waals surface area contributed by atoms with E-state index in [1.165, 1.54) is 0 Å². The molecule has 0 unspecified atom stereocenters. The fourth-order valence-corrected chi connectivity index (χ4v) is 4.03. The minimum absolute atomic E-state index is 0.0209. The Balaban J connectivity index is 1.52. The van der Waals surface area contributed by atoms with Crippen molar-refractivity contribution in [3.63, 3.8) is 0 Å². The second-order valence-electron chi connectivity index (χ2n) is 6.68. The zero-order valence-corrected chi connectivity index (χ0v) is 14.7. The van der Waals surface area contributed by atoms with Crippen molar-refractivity contribution in [2.45, 2.75) is 43.7 Å². The van der Waals surface area contributed by atoms with Gasteiger partial charge in [-0.2, -0.15) is 0 Å². The molecule has 0 radical (unpaired) electrons. The molecule has 2 aromatic rings. The average Bonchev–Trinajstić information content (AvgIpc) is 3.28. The van der Waals surface area contributed by atoms with Crippen LogP contribution in [0.5, 0.6) is 11.5 Å². The second kappa shape index (κ2) is 6.70. The highest BCUT2D eigenvalue weighted by atomic mass is 16.7. The monoisotopic (exact) mass is 340 g/mol. The maximum absolute atomic E-state index is 6.42. The number of methoxy groups -OCH3 is 2. The molecule has 2 fully saturated rings. The predicted octanol–water partition coefficient (Wildman–Crippen LogP) is 4.80. The van der Waals surface area contributed by atoms with Gasteiger partial charge in [-0.1, -0.05) is 36.4 Å². The van der Waals surface area contributed by atoms with Gasteiger partial charge < -0.3 is 18.9 Å². The van der Waals surface area contributed by atoms with Crippen LogP contribution in [0.2, 0.25) is 0 Å². The van der Waals surface area contributed by atoms with Crippen LogP contribution >= 0.6 is 0 Å². The van der Waals surface area contributed by atoms with Gasteiger partial charge in [0.15, 0.2) is 5.79 Å². The van der Waals surface area contributed by atoms with Crippen LogP contribution in [0.1, 0.15) is 49.0 Å². The van der Waals surface area contributed by atoms with Crippen LogP contribution in [0.15, 0.2) is 48.5 Å². The van der Waals surface area contributed by atoms with Gasteiger partial charge >= 0.3 is 0 Å². The highest BCUT2D eigenvalue weighted by molar-refractivity contribution is 5.37. The van der Waals surface area contributed by atoms with E-state index in [9.17, 15) is 0 Å². The number of hydrogen-bond acceptors (Lipinski definition) is 4. The van der Waals surface area contributed by atoms with Crippen LogP contribution in [0.25, 0.3) is 0 Å². The lowest BCUT2D eigenvalue weighted by Gasteiger charge is -2.26. The Labute approximate surface area is 148 Å². The van der Waals surface area contributed by atoms with Crippen molar-refractivity contribution in [1.82, 2.24) is 0 Å². The lowest BCUT2D eigenvalue weighted by atomic mass is 10.0. The summed E-state index contributed by atoms with van der Waals surface area (Å²) in [5.74, 6) is 1.27. The smallest absolute Gasteiger partial charge is 0.170 e. The highest BCUT2D eigenvalue weighted by Crippen LogP contribution is 2.52. The molecule has 2 heterocycles. The molecule has 2 saturated heterocycles. The molecule has 0 aromatic heterocycles. The van der Waals surface area contributed by atoms with Crippen molar-refractivity contribution < 1.29 is 18.9 Å². The number of para-hydroxylation sites is 2. The summed E-state index contributed by atoms with van der Waals surface area (Å²) in [6, 6.07) is 16.1. The minimum atomic E-state index is -0.489. The Kier molecular flexibility index (Phi) is 4.40. The largest absolute Gasteiger partial charge is 0.496 e. The molecule has 4 nitrogen and oxygen atoms in total. The van der Waals surface area contributed by atoms with Gasteiger partial charge in [-0.25, -0.2) is 0 Å². The highest BCUT2D eigenvalue weighted by Gasteiger charge is 2.48. The standard InChI is InChI=1S/C21H24O4/c1-22-17-9-5-3-7-15(17)19-11-13-21(24-19)14-12-20(25-21)16-8-4-6-10-18(16)23-2/h3-10,19-20H,11-14H2,1-2H3/t19-,20-,21?/m0/s1. The summed E-state index contributed by atoms with van der Waals surface area (Å²) in [5.41, 5.74) is 2.21. The van der Waals surface area contributed by atoms with Crippen LogP contribution in [0.3, 0.4) is 0 Å². The lowest BCUT2D eigenvalue weighted by Crippen LogP contribution is -2.26. The van der Waals surface area contributed by atoms with Gasteiger partial charge in [0.1, 0.15) is 11.5 Å². The molecule has 1 spiro atoms. The topological polar surface area (TPSA) is 36.9 Å². The molecule has 2 aliphatic heterocycles. The van der Waals surface area contributed by atoms with Crippen molar-refractivity contribution in [3.05, 3.63) is 59.7 Å². The molecule has 4 rings (SSSR count). The van der Waals surface area contributed by atoms with Crippen molar-refractivity contribution in [2.75, 3.05) is 14.2 Å². The van der Waals surface area contributed by atoms with Crippen LogP contribution in [0, 0.1) is 0 Å².